The van der Waals surface area contributed by atoms with Gasteiger partial charge >= 0.3 is 0 Å². The fraction of sp³-hybridized carbons (Fsp3) is 0.375. The van der Waals surface area contributed by atoms with E-state index in [2.05, 4.69) is 11.9 Å². The van der Waals surface area contributed by atoms with Crippen molar-refractivity contribution in [3.8, 4) is 5.75 Å². The number of amides is 1. The molecule has 1 N–H and O–H groups in total. The van der Waals surface area contributed by atoms with Crippen molar-refractivity contribution in [3.63, 3.8) is 0 Å². The van der Waals surface area contributed by atoms with Crippen LogP contribution in [-0.2, 0) is 9.59 Å². The van der Waals surface area contributed by atoms with Crippen LogP contribution in [0.3, 0.4) is 0 Å². The van der Waals surface area contributed by atoms with Gasteiger partial charge in [-0.15, -0.1) is 0 Å². The summed E-state index contributed by atoms with van der Waals surface area (Å²) in [7, 11) is 1.59. The second kappa shape index (κ2) is 9.11. The number of unbranched alkanes of at least 4 members (excludes halogenated alkanes) is 2. The number of aliphatic hydroxyl groups is 1. The fourth-order valence-electron chi connectivity index (χ4n) is 3.94. The molecule has 1 fully saturated rings. The van der Waals surface area contributed by atoms with E-state index in [4.69, 9.17) is 4.74 Å². The van der Waals surface area contributed by atoms with Crippen LogP contribution in [0.2, 0.25) is 0 Å². The van der Waals surface area contributed by atoms with E-state index < -0.39 is 17.7 Å². The average molecular weight is 408 g/mol. The number of ketones is 1. The van der Waals surface area contributed by atoms with Crippen LogP contribution in [0.15, 0.2) is 42.2 Å². The molecule has 1 aromatic carbocycles. The predicted molar refractivity (Wildman–Crippen MR) is 115 cm³/mol. The van der Waals surface area contributed by atoms with E-state index in [-0.39, 0.29) is 11.3 Å². The minimum atomic E-state index is -0.661. The smallest absolute Gasteiger partial charge is 0.295 e. The lowest BCUT2D eigenvalue weighted by Crippen LogP contribution is -2.30. The first-order valence-corrected chi connectivity index (χ1v) is 10.2. The highest BCUT2D eigenvalue weighted by Gasteiger charge is 2.46. The summed E-state index contributed by atoms with van der Waals surface area (Å²) in [6.45, 7) is 6.25. The summed E-state index contributed by atoms with van der Waals surface area (Å²) in [6.07, 6.45) is 6.04. The predicted octanol–water partition coefficient (Wildman–Crippen LogP) is 4.32. The Morgan fingerprint density at radius 1 is 1.20 bits per heavy atom. The van der Waals surface area contributed by atoms with Crippen LogP contribution in [0.25, 0.3) is 5.76 Å². The lowest BCUT2D eigenvalue weighted by atomic mass is 9.93. The fourth-order valence-corrected chi connectivity index (χ4v) is 3.94. The lowest BCUT2D eigenvalue weighted by molar-refractivity contribution is -0.139. The molecule has 2 heterocycles. The van der Waals surface area contributed by atoms with Gasteiger partial charge in [-0.3, -0.25) is 14.6 Å². The summed E-state index contributed by atoms with van der Waals surface area (Å²) in [4.78, 5) is 31.6. The van der Waals surface area contributed by atoms with Gasteiger partial charge in [0.25, 0.3) is 11.7 Å². The van der Waals surface area contributed by atoms with E-state index in [0.29, 0.717) is 23.4 Å². The van der Waals surface area contributed by atoms with E-state index in [1.54, 1.807) is 36.5 Å². The third kappa shape index (κ3) is 3.95. The van der Waals surface area contributed by atoms with Crippen LogP contribution in [0.5, 0.6) is 5.75 Å². The summed E-state index contributed by atoms with van der Waals surface area (Å²) >= 11 is 0. The lowest BCUT2D eigenvalue weighted by Gasteiger charge is -2.25. The van der Waals surface area contributed by atoms with Crippen LogP contribution in [-0.4, -0.2) is 40.3 Å². The van der Waals surface area contributed by atoms with Gasteiger partial charge < -0.3 is 14.7 Å². The molecular formula is C24H28N2O4. The summed E-state index contributed by atoms with van der Waals surface area (Å²) in [5, 5.41) is 11.2. The normalized spacial score (nSPS) is 18.1. The SMILES string of the molecule is CCCCCN1C(=O)C(=O)/C(=C(/O)c2cc(C)c(OC)cc2C)C1c1cccnc1. The summed E-state index contributed by atoms with van der Waals surface area (Å²) in [5.41, 5.74) is 2.93. The highest BCUT2D eigenvalue weighted by molar-refractivity contribution is 6.46. The van der Waals surface area contributed by atoms with Gasteiger partial charge in [0.15, 0.2) is 0 Å². The Kier molecular flexibility index (Phi) is 6.55. The molecule has 1 atom stereocenters. The molecule has 0 saturated carbocycles. The number of hydrogen-bond acceptors (Lipinski definition) is 5. The Labute approximate surface area is 177 Å². The second-order valence-corrected chi connectivity index (χ2v) is 7.62. The van der Waals surface area contributed by atoms with E-state index in [9.17, 15) is 14.7 Å². The number of ether oxygens (including phenoxy) is 1. The number of nitrogens with zero attached hydrogens (tertiary/aromatic N) is 2. The minimum absolute atomic E-state index is 0.108. The van der Waals surface area contributed by atoms with Crippen molar-refractivity contribution in [1.82, 2.24) is 9.88 Å². The Balaban J connectivity index is 2.16. The number of aryl methyl sites for hydroxylation is 2. The number of carbonyl (C=O) groups excluding carboxylic acids is 2. The first-order valence-electron chi connectivity index (χ1n) is 10.2. The van der Waals surface area contributed by atoms with Crippen LogP contribution < -0.4 is 4.74 Å². The van der Waals surface area contributed by atoms with E-state index in [0.717, 1.165) is 30.4 Å². The molecule has 0 aliphatic carbocycles. The molecule has 1 aromatic heterocycles. The zero-order valence-electron chi connectivity index (χ0n) is 17.9. The molecule has 0 radical (unpaired) electrons. The van der Waals surface area contributed by atoms with Gasteiger partial charge in [0.05, 0.1) is 18.7 Å². The van der Waals surface area contributed by atoms with Crippen molar-refractivity contribution in [1.29, 1.82) is 0 Å². The monoisotopic (exact) mass is 408 g/mol. The number of hydrogen-bond donors (Lipinski definition) is 1. The summed E-state index contributed by atoms with van der Waals surface area (Å²) < 4.78 is 5.35. The molecule has 30 heavy (non-hydrogen) atoms. The molecule has 2 aromatic rings. The Morgan fingerprint density at radius 2 is 1.97 bits per heavy atom. The van der Waals surface area contributed by atoms with E-state index in [1.165, 1.54) is 0 Å². The minimum Gasteiger partial charge on any atom is -0.507 e. The molecule has 6 heteroatoms. The molecule has 0 spiro atoms. The van der Waals surface area contributed by atoms with Crippen molar-refractivity contribution in [2.75, 3.05) is 13.7 Å². The van der Waals surface area contributed by atoms with Gasteiger partial charge in [0, 0.05) is 24.5 Å². The van der Waals surface area contributed by atoms with Crippen molar-refractivity contribution in [3.05, 3.63) is 64.5 Å². The molecular weight excluding hydrogens is 380 g/mol. The summed E-state index contributed by atoms with van der Waals surface area (Å²) in [5.74, 6) is -0.702. The number of rotatable bonds is 7. The molecule has 3 rings (SSSR count). The molecule has 158 valence electrons. The molecule has 6 nitrogen and oxygen atoms in total. The molecule has 0 bridgehead atoms. The first-order chi connectivity index (χ1) is 14.4. The molecule has 1 saturated heterocycles. The Hall–Kier alpha value is -3.15. The van der Waals surface area contributed by atoms with Crippen LogP contribution in [0.1, 0.15) is 54.5 Å². The largest absolute Gasteiger partial charge is 0.507 e. The number of carbonyl (C=O) groups is 2. The number of aromatic nitrogens is 1. The van der Waals surface area contributed by atoms with Gasteiger partial charge in [-0.25, -0.2) is 0 Å². The highest BCUT2D eigenvalue weighted by Crippen LogP contribution is 2.40. The number of benzene rings is 1. The van der Waals surface area contributed by atoms with Crippen molar-refractivity contribution >= 4 is 17.4 Å². The van der Waals surface area contributed by atoms with Gasteiger partial charge in [-0.1, -0.05) is 25.8 Å². The third-order valence-corrected chi connectivity index (χ3v) is 5.54. The molecule has 1 unspecified atom stereocenters. The third-order valence-electron chi connectivity index (χ3n) is 5.54. The topological polar surface area (TPSA) is 79.7 Å². The standard InChI is InChI=1S/C24H28N2O4/c1-5-6-7-11-26-21(17-9-8-10-25-14-17)20(23(28)24(26)29)22(27)18-12-16(3)19(30-4)13-15(18)2/h8-10,12-14,21,27H,5-7,11H2,1-4H3/b22-20+. The quantitative estimate of drug-likeness (QED) is 0.319. The molecule has 1 aliphatic rings. The first kappa shape index (κ1) is 21.6. The molecule has 1 amide bonds. The summed E-state index contributed by atoms with van der Waals surface area (Å²) in [6, 6.07) is 6.55. The number of Topliss-reactive ketones (excluding diaryl/α,β-unsaturated/α-hetero) is 1. The average Bonchev–Trinajstić information content (AvgIpc) is 3.00. The zero-order valence-corrected chi connectivity index (χ0v) is 17.9. The Bertz CT molecular complexity index is 982. The van der Waals surface area contributed by atoms with Crippen LogP contribution >= 0.6 is 0 Å². The maximum atomic E-state index is 13.0. The number of methoxy groups -OCH3 is 1. The maximum absolute atomic E-state index is 13.0. The van der Waals surface area contributed by atoms with Gasteiger partial charge in [0.1, 0.15) is 11.5 Å². The van der Waals surface area contributed by atoms with Gasteiger partial charge in [0.2, 0.25) is 0 Å². The maximum Gasteiger partial charge on any atom is 0.295 e. The van der Waals surface area contributed by atoms with E-state index in [1.807, 2.05) is 26.0 Å². The molecule has 1 aliphatic heterocycles. The van der Waals surface area contributed by atoms with Gasteiger partial charge in [-0.2, -0.15) is 0 Å². The van der Waals surface area contributed by atoms with Crippen LogP contribution in [0.4, 0.5) is 0 Å². The zero-order chi connectivity index (χ0) is 21.8. The van der Waals surface area contributed by atoms with Crippen molar-refractivity contribution < 1.29 is 19.4 Å². The number of likely N-dealkylation sites (tertiary alicyclic amines) is 1. The van der Waals surface area contributed by atoms with Gasteiger partial charge in [-0.05, 0) is 55.2 Å². The van der Waals surface area contributed by atoms with Crippen molar-refractivity contribution in [2.45, 2.75) is 46.1 Å². The number of aliphatic hydroxyl groups excluding tert-OH is 1. The number of pyridine rings is 1. The second-order valence-electron chi connectivity index (χ2n) is 7.62. The Morgan fingerprint density at radius 3 is 2.60 bits per heavy atom. The highest BCUT2D eigenvalue weighted by atomic mass is 16.5. The van der Waals surface area contributed by atoms with Crippen LogP contribution in [0, 0.1) is 13.8 Å². The van der Waals surface area contributed by atoms with Crippen molar-refractivity contribution in [2.24, 2.45) is 0 Å². The van der Waals surface area contributed by atoms with E-state index >= 15 is 0 Å².